The van der Waals surface area contributed by atoms with Crippen molar-refractivity contribution in [2.24, 2.45) is 0 Å². The molecule has 0 unspecified atom stereocenters. The molecule has 1 heterocycles. The molecule has 1 aliphatic rings. The fourth-order valence-electron chi connectivity index (χ4n) is 1.88. The van der Waals surface area contributed by atoms with Gasteiger partial charge in [-0.1, -0.05) is 26.7 Å². The minimum Gasteiger partial charge on any atom is -0.387 e. The third-order valence-corrected chi connectivity index (χ3v) is 3.18. The molecule has 98 valence electrons. The van der Waals surface area contributed by atoms with Crippen molar-refractivity contribution in [3.63, 3.8) is 0 Å². The summed E-state index contributed by atoms with van der Waals surface area (Å²) >= 11 is 0. The monoisotopic (exact) mass is 232 g/mol. The summed E-state index contributed by atoms with van der Waals surface area (Å²) in [5, 5.41) is 9.76. The molecule has 0 amide bonds. The van der Waals surface area contributed by atoms with Gasteiger partial charge in [0.25, 0.3) is 0 Å². The summed E-state index contributed by atoms with van der Waals surface area (Å²) in [4.78, 5) is 0. The highest BCUT2D eigenvalue weighted by Gasteiger charge is 2.43. The number of methoxy groups -OCH3 is 1. The van der Waals surface area contributed by atoms with Crippen LogP contribution in [0.2, 0.25) is 0 Å². The van der Waals surface area contributed by atoms with Gasteiger partial charge in [-0.05, 0) is 20.8 Å². The summed E-state index contributed by atoms with van der Waals surface area (Å²) in [6, 6.07) is 0. The molecule has 4 atom stereocenters. The Bertz CT molecular complexity index is 182. The maximum absolute atomic E-state index is 9.76. The molecule has 16 heavy (non-hydrogen) atoms. The van der Waals surface area contributed by atoms with Crippen molar-refractivity contribution in [2.45, 2.75) is 77.8 Å². The Morgan fingerprint density at radius 2 is 1.81 bits per heavy atom. The van der Waals surface area contributed by atoms with Crippen molar-refractivity contribution in [1.29, 1.82) is 0 Å². The maximum atomic E-state index is 9.76. The lowest BCUT2D eigenvalue weighted by Gasteiger charge is -2.43. The smallest absolute Gasteiger partial charge is 0.109 e. The second kappa shape index (κ2) is 7.25. The van der Waals surface area contributed by atoms with Gasteiger partial charge in [0.05, 0.1) is 17.8 Å². The Hall–Kier alpha value is -0.120. The van der Waals surface area contributed by atoms with Crippen LogP contribution in [0.5, 0.6) is 0 Å². The second-order valence-electron chi connectivity index (χ2n) is 4.82. The van der Waals surface area contributed by atoms with Gasteiger partial charge < -0.3 is 14.6 Å². The molecule has 1 N–H and O–H groups in total. The predicted molar refractivity (Wildman–Crippen MR) is 66.6 cm³/mol. The largest absolute Gasteiger partial charge is 0.387 e. The first-order valence-corrected chi connectivity index (χ1v) is 6.29. The fourth-order valence-corrected chi connectivity index (χ4v) is 1.88. The molecule has 1 saturated heterocycles. The molecular weight excluding hydrogens is 204 g/mol. The average Bonchev–Trinajstić information content (AvgIpc) is 2.26. The molecule has 0 radical (unpaired) electrons. The van der Waals surface area contributed by atoms with Crippen LogP contribution in [0.15, 0.2) is 0 Å². The van der Waals surface area contributed by atoms with Crippen molar-refractivity contribution in [3.05, 3.63) is 0 Å². The van der Waals surface area contributed by atoms with Crippen molar-refractivity contribution in [3.8, 4) is 0 Å². The van der Waals surface area contributed by atoms with Crippen molar-refractivity contribution in [1.82, 2.24) is 0 Å². The maximum Gasteiger partial charge on any atom is 0.109 e. The van der Waals surface area contributed by atoms with Gasteiger partial charge >= 0.3 is 0 Å². The van der Waals surface area contributed by atoms with Crippen molar-refractivity contribution < 1.29 is 14.6 Å². The van der Waals surface area contributed by atoms with Crippen LogP contribution in [0.25, 0.3) is 0 Å². The summed E-state index contributed by atoms with van der Waals surface area (Å²) in [7, 11) is 1.63. The van der Waals surface area contributed by atoms with Gasteiger partial charge in [-0.2, -0.15) is 0 Å². The van der Waals surface area contributed by atoms with E-state index in [4.69, 9.17) is 9.47 Å². The molecule has 3 heteroatoms. The zero-order valence-corrected chi connectivity index (χ0v) is 11.6. The van der Waals surface area contributed by atoms with Crippen LogP contribution in [0, 0.1) is 0 Å². The van der Waals surface area contributed by atoms with Crippen LogP contribution in [0.3, 0.4) is 0 Å². The van der Waals surface area contributed by atoms with E-state index in [1.165, 1.54) is 12.8 Å². The second-order valence-corrected chi connectivity index (χ2v) is 4.82. The molecule has 1 aliphatic heterocycles. The molecule has 0 aromatic heterocycles. The number of hydrogen-bond donors (Lipinski definition) is 1. The molecule has 0 bridgehead atoms. The predicted octanol–water partition coefficient (Wildman–Crippen LogP) is 2.76. The number of hydrogen-bond acceptors (Lipinski definition) is 3. The quantitative estimate of drug-likeness (QED) is 0.795. The minimum atomic E-state index is -0.529. The topological polar surface area (TPSA) is 38.7 Å². The van der Waals surface area contributed by atoms with Gasteiger partial charge in [-0.3, -0.25) is 0 Å². The van der Waals surface area contributed by atoms with Gasteiger partial charge in [0.15, 0.2) is 0 Å². The van der Waals surface area contributed by atoms with Crippen LogP contribution in [0.4, 0.5) is 0 Å². The Balaban J connectivity index is 0.000000487. The molecule has 1 rings (SSSR count). The lowest BCUT2D eigenvalue weighted by Crippen LogP contribution is -2.55. The van der Waals surface area contributed by atoms with Crippen LogP contribution in [0.1, 0.15) is 53.9 Å². The van der Waals surface area contributed by atoms with E-state index in [0.717, 1.165) is 6.42 Å². The molecule has 0 aromatic rings. The molecular formula is C13H28O3. The van der Waals surface area contributed by atoms with E-state index in [-0.39, 0.29) is 12.2 Å². The van der Waals surface area contributed by atoms with E-state index in [1.807, 2.05) is 20.8 Å². The number of rotatable bonds is 2. The van der Waals surface area contributed by atoms with Gasteiger partial charge in [-0.25, -0.2) is 0 Å². The van der Waals surface area contributed by atoms with E-state index in [0.29, 0.717) is 0 Å². The third-order valence-electron chi connectivity index (χ3n) is 3.18. The third kappa shape index (κ3) is 4.40. The van der Waals surface area contributed by atoms with Gasteiger partial charge in [-0.15, -0.1) is 0 Å². The minimum absolute atomic E-state index is 0.140. The molecule has 0 saturated carbocycles. The molecule has 3 nitrogen and oxygen atoms in total. The summed E-state index contributed by atoms with van der Waals surface area (Å²) < 4.78 is 10.8. The van der Waals surface area contributed by atoms with Gasteiger partial charge in [0.2, 0.25) is 0 Å². The first kappa shape index (κ1) is 15.9. The normalized spacial score (nSPS) is 38.8. The van der Waals surface area contributed by atoms with Crippen LogP contribution < -0.4 is 0 Å². The van der Waals surface area contributed by atoms with E-state index < -0.39 is 11.7 Å². The molecule has 0 aliphatic carbocycles. The SMILES string of the molecule is CCCC.CO[C@]1(C)C[C@H](C)O[C@@H](C)[C@@H]1O. The standard InChI is InChI=1S/C9H18O3.C4H10/c1-6-5-9(3,11-4)8(10)7(2)12-6;1-3-4-2/h6-8,10H,5H2,1-4H3;3-4H2,1-2H3/t6-,7-,8-,9+;/m0./s1. The van der Waals surface area contributed by atoms with Gasteiger partial charge in [0, 0.05) is 13.5 Å². The van der Waals surface area contributed by atoms with E-state index >= 15 is 0 Å². The van der Waals surface area contributed by atoms with Gasteiger partial charge in [0.1, 0.15) is 6.10 Å². The average molecular weight is 232 g/mol. The highest BCUT2D eigenvalue weighted by molar-refractivity contribution is 4.93. The Morgan fingerprint density at radius 3 is 2.19 bits per heavy atom. The van der Waals surface area contributed by atoms with Crippen molar-refractivity contribution >= 4 is 0 Å². The molecule has 0 spiro atoms. The van der Waals surface area contributed by atoms with Crippen molar-refractivity contribution in [2.75, 3.05) is 7.11 Å². The fraction of sp³-hybridized carbons (Fsp3) is 1.00. The summed E-state index contributed by atoms with van der Waals surface area (Å²) in [5.41, 5.74) is -0.447. The zero-order chi connectivity index (χ0) is 12.8. The molecule has 1 fully saturated rings. The Labute approximate surface area is 100 Å². The number of unbranched alkanes of at least 4 members (excludes halogenated alkanes) is 1. The first-order valence-electron chi connectivity index (χ1n) is 6.29. The summed E-state index contributed by atoms with van der Waals surface area (Å²) in [5.74, 6) is 0. The van der Waals surface area contributed by atoms with Crippen LogP contribution >= 0.6 is 0 Å². The summed E-state index contributed by atoms with van der Waals surface area (Å²) in [6.45, 7) is 10.2. The highest BCUT2D eigenvalue weighted by Crippen LogP contribution is 2.31. The van der Waals surface area contributed by atoms with Crippen LogP contribution in [-0.4, -0.2) is 36.1 Å². The zero-order valence-electron chi connectivity index (χ0n) is 11.6. The van der Waals surface area contributed by atoms with E-state index in [9.17, 15) is 5.11 Å². The number of aliphatic hydroxyl groups is 1. The van der Waals surface area contributed by atoms with E-state index in [2.05, 4.69) is 13.8 Å². The van der Waals surface area contributed by atoms with E-state index in [1.54, 1.807) is 7.11 Å². The number of ether oxygens (including phenoxy) is 2. The number of aliphatic hydroxyl groups excluding tert-OH is 1. The Kier molecular flexibility index (Phi) is 7.20. The molecule has 0 aromatic carbocycles. The lowest BCUT2D eigenvalue weighted by atomic mass is 9.86. The summed E-state index contributed by atoms with van der Waals surface area (Å²) in [6.07, 6.45) is 2.88. The first-order chi connectivity index (χ1) is 7.41. The lowest BCUT2D eigenvalue weighted by molar-refractivity contribution is -0.210. The van der Waals surface area contributed by atoms with Crippen LogP contribution in [-0.2, 0) is 9.47 Å². The Morgan fingerprint density at radius 1 is 1.31 bits per heavy atom. The highest BCUT2D eigenvalue weighted by atomic mass is 16.5.